The number of benzene rings is 1. The van der Waals surface area contributed by atoms with E-state index in [-0.39, 0.29) is 0 Å². The number of para-hydroxylation sites is 2. The van der Waals surface area contributed by atoms with E-state index in [4.69, 9.17) is 4.98 Å². The zero-order chi connectivity index (χ0) is 11.7. The van der Waals surface area contributed by atoms with Crippen molar-refractivity contribution in [2.45, 2.75) is 44.1 Å². The highest BCUT2D eigenvalue weighted by molar-refractivity contribution is 5.76. The van der Waals surface area contributed by atoms with E-state index >= 15 is 0 Å². The van der Waals surface area contributed by atoms with Crippen LogP contribution in [0.15, 0.2) is 24.3 Å². The number of nitrogens with zero attached hydrogens (tertiary/aromatic N) is 2. The minimum Gasteiger partial charge on any atom is -0.325 e. The first-order valence-corrected chi connectivity index (χ1v) is 7.35. The first-order valence-electron chi connectivity index (χ1n) is 7.35. The van der Waals surface area contributed by atoms with E-state index in [1.54, 1.807) is 0 Å². The van der Waals surface area contributed by atoms with Crippen LogP contribution in [0, 0.1) is 11.8 Å². The van der Waals surface area contributed by atoms with Gasteiger partial charge in [0.2, 0.25) is 0 Å². The molecular formula is C16H18N2. The predicted octanol–water partition coefficient (Wildman–Crippen LogP) is 3.88. The van der Waals surface area contributed by atoms with Gasteiger partial charge in [-0.25, -0.2) is 4.98 Å². The summed E-state index contributed by atoms with van der Waals surface area (Å²) in [5.74, 6) is 4.11. The molecule has 1 aromatic heterocycles. The summed E-state index contributed by atoms with van der Waals surface area (Å²) in [5.41, 5.74) is 2.59. The highest BCUT2D eigenvalue weighted by atomic mass is 15.1. The van der Waals surface area contributed by atoms with Crippen LogP contribution in [0.4, 0.5) is 0 Å². The second-order valence-corrected chi connectivity index (χ2v) is 6.59. The van der Waals surface area contributed by atoms with Crippen LogP contribution in [0.1, 0.15) is 49.9 Å². The van der Waals surface area contributed by atoms with Crippen LogP contribution >= 0.6 is 0 Å². The molecule has 2 nitrogen and oxygen atoms in total. The van der Waals surface area contributed by atoms with E-state index in [9.17, 15) is 0 Å². The van der Waals surface area contributed by atoms with E-state index in [0.29, 0.717) is 0 Å². The smallest absolute Gasteiger partial charge is 0.113 e. The number of hydrogen-bond donors (Lipinski definition) is 0. The first-order chi connectivity index (χ1) is 8.88. The van der Waals surface area contributed by atoms with Crippen LogP contribution in [0.3, 0.4) is 0 Å². The van der Waals surface area contributed by atoms with Gasteiger partial charge in [-0.3, -0.25) is 0 Å². The molecule has 4 bridgehead atoms. The van der Waals surface area contributed by atoms with Gasteiger partial charge in [-0.2, -0.15) is 0 Å². The van der Waals surface area contributed by atoms with Crippen molar-refractivity contribution in [1.82, 2.24) is 9.55 Å². The van der Waals surface area contributed by atoms with Gasteiger partial charge >= 0.3 is 0 Å². The van der Waals surface area contributed by atoms with Crippen molar-refractivity contribution >= 4 is 11.0 Å². The van der Waals surface area contributed by atoms with Crippen molar-refractivity contribution in [1.29, 1.82) is 0 Å². The Morgan fingerprint density at radius 1 is 0.944 bits per heavy atom. The third-order valence-electron chi connectivity index (χ3n) is 5.47. The molecule has 18 heavy (non-hydrogen) atoms. The zero-order valence-corrected chi connectivity index (χ0v) is 10.5. The Labute approximate surface area is 107 Å². The van der Waals surface area contributed by atoms with Crippen LogP contribution in [-0.4, -0.2) is 9.55 Å². The van der Waals surface area contributed by atoms with Gasteiger partial charge in [0.25, 0.3) is 0 Å². The fourth-order valence-corrected chi connectivity index (χ4v) is 4.97. The number of imidazole rings is 1. The predicted molar refractivity (Wildman–Crippen MR) is 71.6 cm³/mol. The quantitative estimate of drug-likeness (QED) is 0.681. The monoisotopic (exact) mass is 238 g/mol. The molecule has 3 heterocycles. The maximum absolute atomic E-state index is 4.97. The highest BCUT2D eigenvalue weighted by Crippen LogP contribution is 2.54. The normalized spacial score (nSPS) is 36.9. The van der Waals surface area contributed by atoms with Crippen LogP contribution in [0.2, 0.25) is 0 Å². The molecule has 6 rings (SSSR count). The van der Waals surface area contributed by atoms with Crippen LogP contribution in [-0.2, 0) is 0 Å². The summed E-state index contributed by atoms with van der Waals surface area (Å²) < 4.78 is 2.61. The molecule has 2 heteroatoms. The number of aromatic nitrogens is 2. The van der Waals surface area contributed by atoms with E-state index in [0.717, 1.165) is 23.8 Å². The van der Waals surface area contributed by atoms with Crippen LogP contribution < -0.4 is 0 Å². The third-order valence-corrected chi connectivity index (χ3v) is 5.47. The average molecular weight is 238 g/mol. The second-order valence-electron chi connectivity index (χ2n) is 6.59. The Morgan fingerprint density at radius 3 is 2.56 bits per heavy atom. The van der Waals surface area contributed by atoms with Gasteiger partial charge < -0.3 is 4.57 Å². The average Bonchev–Trinajstić information content (AvgIpc) is 2.68. The van der Waals surface area contributed by atoms with Gasteiger partial charge in [-0.05, 0) is 56.1 Å². The number of rotatable bonds is 0. The van der Waals surface area contributed by atoms with Crippen LogP contribution in [0.5, 0.6) is 0 Å². The molecule has 1 aromatic carbocycles. The van der Waals surface area contributed by atoms with E-state index < -0.39 is 0 Å². The van der Waals surface area contributed by atoms with Crippen molar-refractivity contribution in [2.24, 2.45) is 11.8 Å². The lowest BCUT2D eigenvalue weighted by molar-refractivity contribution is 0.152. The fraction of sp³-hybridized carbons (Fsp3) is 0.562. The number of hydrogen-bond acceptors (Lipinski definition) is 1. The summed E-state index contributed by atoms with van der Waals surface area (Å²) in [6.45, 7) is 0. The van der Waals surface area contributed by atoms with Gasteiger partial charge in [0.1, 0.15) is 5.82 Å². The van der Waals surface area contributed by atoms with Crippen molar-refractivity contribution in [3.8, 4) is 0 Å². The van der Waals surface area contributed by atoms with Crippen LogP contribution in [0.25, 0.3) is 11.0 Å². The summed E-state index contributed by atoms with van der Waals surface area (Å²) in [5, 5.41) is 0. The molecule has 2 saturated carbocycles. The Bertz CT molecular complexity index is 613. The molecule has 0 saturated heterocycles. The molecule has 0 radical (unpaired) electrons. The molecule has 4 atom stereocenters. The minimum absolute atomic E-state index is 0.739. The molecule has 0 N–H and O–H groups in total. The molecule has 0 spiro atoms. The third kappa shape index (κ3) is 1.12. The van der Waals surface area contributed by atoms with Gasteiger partial charge in [0.05, 0.1) is 11.0 Å². The van der Waals surface area contributed by atoms with Gasteiger partial charge in [-0.1, -0.05) is 12.1 Å². The summed E-state index contributed by atoms with van der Waals surface area (Å²) in [7, 11) is 0. The molecule has 0 amide bonds. The molecule has 4 aliphatic rings. The Hall–Kier alpha value is -1.31. The number of fused-ring (bicyclic) bond motifs is 1. The Balaban J connectivity index is 1.82. The highest BCUT2D eigenvalue weighted by Gasteiger charge is 2.43. The summed E-state index contributed by atoms with van der Waals surface area (Å²) in [6, 6.07) is 9.45. The van der Waals surface area contributed by atoms with Crippen molar-refractivity contribution in [3.63, 3.8) is 0 Å². The standard InChI is InChI=1S/C16H18N2/c1-2-4-15-14(3-1)17-16-12-6-10-5-11(7-12)9-13(8-10)18(15)16/h1-4,10-13H,5-9H2/t10-,11?,12-,13?/m1/s1. The molecular weight excluding hydrogens is 220 g/mol. The summed E-state index contributed by atoms with van der Waals surface area (Å²) in [4.78, 5) is 4.97. The first kappa shape index (κ1) is 9.60. The topological polar surface area (TPSA) is 17.8 Å². The second kappa shape index (κ2) is 3.17. The molecule has 2 unspecified atom stereocenters. The molecule has 2 aromatic rings. The molecule has 2 aliphatic carbocycles. The largest absolute Gasteiger partial charge is 0.325 e. The fourth-order valence-electron chi connectivity index (χ4n) is 4.97. The Kier molecular flexibility index (Phi) is 1.69. The van der Waals surface area contributed by atoms with Crippen molar-refractivity contribution in [2.75, 3.05) is 0 Å². The van der Waals surface area contributed by atoms with Gasteiger partial charge in [-0.15, -0.1) is 0 Å². The maximum Gasteiger partial charge on any atom is 0.113 e. The van der Waals surface area contributed by atoms with Crippen molar-refractivity contribution in [3.05, 3.63) is 30.1 Å². The molecule has 2 fully saturated rings. The molecule has 92 valence electrons. The van der Waals surface area contributed by atoms with Crippen molar-refractivity contribution < 1.29 is 0 Å². The lowest BCUT2D eigenvalue weighted by atomic mass is 9.68. The lowest BCUT2D eigenvalue weighted by Gasteiger charge is -2.38. The maximum atomic E-state index is 4.97. The Morgan fingerprint density at radius 2 is 1.72 bits per heavy atom. The van der Waals surface area contributed by atoms with Gasteiger partial charge in [0.15, 0.2) is 0 Å². The SMILES string of the molecule is c1ccc2c(c1)nc1n2C2CC3C[C@@H](C2)C[C@@H]1C3. The van der Waals surface area contributed by atoms with Gasteiger partial charge in [0, 0.05) is 12.0 Å². The molecule has 2 aliphatic heterocycles. The van der Waals surface area contributed by atoms with E-state index in [1.807, 2.05) is 0 Å². The lowest BCUT2D eigenvalue weighted by Crippen LogP contribution is -2.26. The van der Waals surface area contributed by atoms with E-state index in [2.05, 4.69) is 28.8 Å². The minimum atomic E-state index is 0.739. The summed E-state index contributed by atoms with van der Waals surface area (Å²) in [6.07, 6.45) is 7.10. The van der Waals surface area contributed by atoms with E-state index in [1.165, 1.54) is 49.0 Å². The summed E-state index contributed by atoms with van der Waals surface area (Å²) >= 11 is 0. The zero-order valence-electron chi connectivity index (χ0n) is 10.5.